The highest BCUT2D eigenvalue weighted by atomic mass is 16.5. The van der Waals surface area contributed by atoms with Gasteiger partial charge in [-0.05, 0) is 29.8 Å². The number of ketones is 1. The van der Waals surface area contributed by atoms with Gasteiger partial charge in [0.2, 0.25) is 5.78 Å². The summed E-state index contributed by atoms with van der Waals surface area (Å²) in [7, 11) is 0. The van der Waals surface area contributed by atoms with Crippen LogP contribution in [0.4, 0.5) is 0 Å². The number of hydrogen-bond acceptors (Lipinski definition) is 4. The largest absolute Gasteiger partial charge is 0.485 e. The third kappa shape index (κ3) is 2.95. The van der Waals surface area contributed by atoms with E-state index in [-0.39, 0.29) is 24.8 Å². The molecule has 0 aliphatic rings. The van der Waals surface area contributed by atoms with Gasteiger partial charge in [-0.1, -0.05) is 12.1 Å². The van der Waals surface area contributed by atoms with Gasteiger partial charge in [0.1, 0.15) is 5.75 Å². The molecule has 0 aliphatic heterocycles. The Morgan fingerprint density at radius 2 is 2.18 bits per heavy atom. The Balaban J connectivity index is 1.95. The molecule has 2 aromatic rings. The van der Waals surface area contributed by atoms with Crippen LogP contribution in [-0.2, 0) is 6.61 Å². The molecular weight excluding hydrogens is 220 g/mol. The lowest BCUT2D eigenvalue weighted by molar-refractivity contribution is 0.0893. The lowest BCUT2D eigenvalue weighted by atomic mass is 10.2. The van der Waals surface area contributed by atoms with Crippen LogP contribution in [0.5, 0.6) is 5.75 Å². The molecule has 0 bridgehead atoms. The Kier molecular flexibility index (Phi) is 3.57. The van der Waals surface area contributed by atoms with Crippen LogP contribution in [0.15, 0.2) is 47.1 Å². The average Bonchev–Trinajstić information content (AvgIpc) is 2.90. The van der Waals surface area contributed by atoms with E-state index < -0.39 is 0 Å². The third-order valence-corrected chi connectivity index (χ3v) is 2.25. The van der Waals surface area contributed by atoms with Crippen LogP contribution in [0, 0.1) is 0 Å². The number of Topliss-reactive ketones (excluding diaryl/α,β-unsaturated/α-hetero) is 1. The van der Waals surface area contributed by atoms with Crippen molar-refractivity contribution >= 4 is 5.78 Å². The molecule has 0 fully saturated rings. The van der Waals surface area contributed by atoms with Gasteiger partial charge in [0.15, 0.2) is 12.4 Å². The van der Waals surface area contributed by atoms with E-state index in [1.165, 1.54) is 6.26 Å². The number of rotatable bonds is 5. The Bertz CT molecular complexity index is 488. The molecule has 0 radical (unpaired) electrons. The fourth-order valence-corrected chi connectivity index (χ4v) is 1.39. The molecule has 0 unspecified atom stereocenters. The van der Waals surface area contributed by atoms with Gasteiger partial charge in [0, 0.05) is 0 Å². The van der Waals surface area contributed by atoms with Gasteiger partial charge < -0.3 is 14.3 Å². The topological polar surface area (TPSA) is 59.7 Å². The van der Waals surface area contributed by atoms with Crippen molar-refractivity contribution in [3.05, 3.63) is 54.0 Å². The van der Waals surface area contributed by atoms with E-state index in [2.05, 4.69) is 0 Å². The molecule has 2 rings (SSSR count). The van der Waals surface area contributed by atoms with Crippen LogP contribution < -0.4 is 4.74 Å². The number of hydrogen-bond donors (Lipinski definition) is 1. The quantitative estimate of drug-likeness (QED) is 0.801. The highest BCUT2D eigenvalue weighted by Crippen LogP contribution is 2.13. The molecule has 0 amide bonds. The molecule has 88 valence electrons. The fourth-order valence-electron chi connectivity index (χ4n) is 1.39. The zero-order valence-corrected chi connectivity index (χ0v) is 9.13. The zero-order chi connectivity index (χ0) is 12.1. The Morgan fingerprint density at radius 1 is 1.29 bits per heavy atom. The second-order valence-electron chi connectivity index (χ2n) is 3.49. The summed E-state index contributed by atoms with van der Waals surface area (Å²) in [5.41, 5.74) is 0.743. The number of furan rings is 1. The van der Waals surface area contributed by atoms with Crippen molar-refractivity contribution in [1.29, 1.82) is 0 Å². The normalized spacial score (nSPS) is 10.2. The maximum atomic E-state index is 11.6. The summed E-state index contributed by atoms with van der Waals surface area (Å²) < 4.78 is 10.3. The van der Waals surface area contributed by atoms with Crippen LogP contribution in [0.25, 0.3) is 0 Å². The van der Waals surface area contributed by atoms with E-state index in [1.54, 1.807) is 36.4 Å². The number of carbonyl (C=O) groups excluding carboxylic acids is 1. The van der Waals surface area contributed by atoms with Crippen molar-refractivity contribution in [2.24, 2.45) is 0 Å². The smallest absolute Gasteiger partial charge is 0.235 e. The summed E-state index contributed by atoms with van der Waals surface area (Å²) in [6, 6.07) is 10.2. The molecule has 0 saturated heterocycles. The van der Waals surface area contributed by atoms with E-state index in [9.17, 15) is 4.79 Å². The SMILES string of the molecule is O=C(COc1cccc(CO)c1)c1ccco1. The summed E-state index contributed by atoms with van der Waals surface area (Å²) >= 11 is 0. The zero-order valence-electron chi connectivity index (χ0n) is 9.13. The van der Waals surface area contributed by atoms with Crippen LogP contribution >= 0.6 is 0 Å². The lowest BCUT2D eigenvalue weighted by Crippen LogP contribution is -2.10. The summed E-state index contributed by atoms with van der Waals surface area (Å²) in [6.45, 7) is -0.133. The van der Waals surface area contributed by atoms with Gasteiger partial charge in [0.05, 0.1) is 12.9 Å². The summed E-state index contributed by atoms with van der Waals surface area (Å²) in [5.74, 6) is 0.615. The summed E-state index contributed by atoms with van der Waals surface area (Å²) in [4.78, 5) is 11.6. The standard InChI is InChI=1S/C13H12O4/c14-8-10-3-1-4-11(7-10)17-9-12(15)13-5-2-6-16-13/h1-7,14H,8-9H2. The number of carbonyl (C=O) groups is 1. The first-order valence-electron chi connectivity index (χ1n) is 5.19. The van der Waals surface area contributed by atoms with E-state index in [0.717, 1.165) is 5.56 Å². The lowest BCUT2D eigenvalue weighted by Gasteiger charge is -2.05. The van der Waals surface area contributed by atoms with E-state index in [1.807, 2.05) is 0 Å². The van der Waals surface area contributed by atoms with Crippen molar-refractivity contribution < 1.29 is 19.1 Å². The monoisotopic (exact) mass is 232 g/mol. The van der Waals surface area contributed by atoms with Crippen LogP contribution in [0.2, 0.25) is 0 Å². The number of benzene rings is 1. The second-order valence-corrected chi connectivity index (χ2v) is 3.49. The summed E-state index contributed by atoms with van der Waals surface area (Å²) in [5, 5.41) is 8.95. The molecule has 0 saturated carbocycles. The highest BCUT2D eigenvalue weighted by molar-refractivity contribution is 5.94. The van der Waals surface area contributed by atoms with Crippen molar-refractivity contribution in [1.82, 2.24) is 0 Å². The van der Waals surface area contributed by atoms with Gasteiger partial charge in [-0.3, -0.25) is 4.79 Å². The highest BCUT2D eigenvalue weighted by Gasteiger charge is 2.09. The average molecular weight is 232 g/mol. The van der Waals surface area contributed by atoms with Gasteiger partial charge in [-0.25, -0.2) is 0 Å². The summed E-state index contributed by atoms with van der Waals surface area (Å²) in [6.07, 6.45) is 1.44. The Morgan fingerprint density at radius 3 is 2.88 bits per heavy atom. The third-order valence-electron chi connectivity index (χ3n) is 2.25. The minimum Gasteiger partial charge on any atom is -0.485 e. The van der Waals surface area contributed by atoms with Crippen molar-refractivity contribution in [2.75, 3.05) is 6.61 Å². The number of aliphatic hydroxyl groups excluding tert-OH is 1. The maximum Gasteiger partial charge on any atom is 0.235 e. The van der Waals surface area contributed by atoms with Crippen molar-refractivity contribution in [3.63, 3.8) is 0 Å². The number of ether oxygens (including phenoxy) is 1. The van der Waals surface area contributed by atoms with Crippen molar-refractivity contribution in [3.8, 4) is 5.75 Å². The van der Waals surface area contributed by atoms with E-state index in [4.69, 9.17) is 14.3 Å². The predicted octanol–water partition coefficient (Wildman–Crippen LogP) is 2.03. The molecule has 1 aromatic carbocycles. The predicted molar refractivity (Wildman–Crippen MR) is 60.9 cm³/mol. The Hall–Kier alpha value is -2.07. The molecule has 4 heteroatoms. The van der Waals surface area contributed by atoms with Gasteiger partial charge in [0.25, 0.3) is 0 Å². The maximum absolute atomic E-state index is 11.6. The van der Waals surface area contributed by atoms with E-state index >= 15 is 0 Å². The molecule has 17 heavy (non-hydrogen) atoms. The van der Waals surface area contributed by atoms with Gasteiger partial charge in [-0.2, -0.15) is 0 Å². The Labute approximate surface area is 98.4 Å². The van der Waals surface area contributed by atoms with Gasteiger partial charge in [-0.15, -0.1) is 0 Å². The van der Waals surface area contributed by atoms with Crippen LogP contribution in [0.3, 0.4) is 0 Å². The molecule has 1 N–H and O–H groups in total. The number of aliphatic hydroxyl groups is 1. The molecule has 1 aromatic heterocycles. The molecular formula is C13H12O4. The van der Waals surface area contributed by atoms with Crippen LogP contribution in [-0.4, -0.2) is 17.5 Å². The minimum absolute atomic E-state index is 0.0523. The molecule has 0 atom stereocenters. The first-order valence-corrected chi connectivity index (χ1v) is 5.19. The molecule has 4 nitrogen and oxygen atoms in total. The second kappa shape index (κ2) is 5.32. The fraction of sp³-hybridized carbons (Fsp3) is 0.154. The first kappa shape index (κ1) is 11.4. The van der Waals surface area contributed by atoms with Crippen molar-refractivity contribution in [2.45, 2.75) is 6.61 Å². The molecule has 1 heterocycles. The van der Waals surface area contributed by atoms with Gasteiger partial charge >= 0.3 is 0 Å². The van der Waals surface area contributed by atoms with Crippen LogP contribution in [0.1, 0.15) is 16.1 Å². The first-order chi connectivity index (χ1) is 8.29. The van der Waals surface area contributed by atoms with E-state index in [0.29, 0.717) is 5.75 Å². The minimum atomic E-state index is -0.218. The molecule has 0 spiro atoms. The molecule has 0 aliphatic carbocycles.